The molecule has 0 aliphatic rings. The molecule has 1 atom stereocenters. The Balaban J connectivity index is 2.04. The zero-order valence-electron chi connectivity index (χ0n) is 22.0. The molecule has 1 unspecified atom stereocenters. The number of hydrogen-bond acceptors (Lipinski definition) is 4. The van der Waals surface area contributed by atoms with Crippen LogP contribution >= 0.6 is 11.6 Å². The van der Waals surface area contributed by atoms with Gasteiger partial charge in [-0.05, 0) is 41.8 Å². The molecule has 0 radical (unpaired) electrons. The number of nitrogens with one attached hydrogen (secondary N) is 1. The number of carbonyl (C=O) groups is 2. The molecule has 0 aromatic heterocycles. The molecule has 0 saturated heterocycles. The quantitative estimate of drug-likeness (QED) is 0.298. The van der Waals surface area contributed by atoms with Crippen LogP contribution in [0.2, 0.25) is 5.02 Å². The van der Waals surface area contributed by atoms with Crippen molar-refractivity contribution in [3.05, 3.63) is 101 Å². The molecule has 0 bridgehead atoms. The van der Waals surface area contributed by atoms with Gasteiger partial charge in [0.15, 0.2) is 0 Å². The third kappa shape index (κ3) is 8.80. The van der Waals surface area contributed by atoms with Crippen molar-refractivity contribution in [2.24, 2.45) is 0 Å². The lowest BCUT2D eigenvalue weighted by molar-refractivity contribution is -0.140. The molecule has 0 aliphatic carbocycles. The van der Waals surface area contributed by atoms with Crippen LogP contribution in [0.1, 0.15) is 30.9 Å². The monoisotopic (exact) mass is 573 g/mol. The van der Waals surface area contributed by atoms with Crippen molar-refractivity contribution in [2.75, 3.05) is 23.7 Å². The summed E-state index contributed by atoms with van der Waals surface area (Å²) < 4.78 is 40.3. The SMILES string of the molecule is CCCCNC(=O)C(Cc1ccccc1)N(Cc1ccccc1Cl)C(=O)CN(c1cccc(F)c1)S(C)(=O)=O. The lowest BCUT2D eigenvalue weighted by Gasteiger charge is -2.33. The smallest absolute Gasteiger partial charge is 0.244 e. The van der Waals surface area contributed by atoms with Gasteiger partial charge in [0.05, 0.1) is 11.9 Å². The third-order valence-electron chi connectivity index (χ3n) is 6.17. The van der Waals surface area contributed by atoms with Crippen molar-refractivity contribution in [2.45, 2.75) is 38.8 Å². The number of amides is 2. The summed E-state index contributed by atoms with van der Waals surface area (Å²) in [7, 11) is -3.97. The minimum absolute atomic E-state index is 0.00977. The number of nitrogens with zero attached hydrogens (tertiary/aromatic N) is 2. The number of unbranched alkanes of at least 4 members (excludes halogenated alkanes) is 1. The topological polar surface area (TPSA) is 86.8 Å². The molecule has 0 aliphatic heterocycles. The number of halogens is 2. The summed E-state index contributed by atoms with van der Waals surface area (Å²) >= 11 is 6.43. The van der Waals surface area contributed by atoms with E-state index in [0.29, 0.717) is 17.1 Å². The highest BCUT2D eigenvalue weighted by atomic mass is 35.5. The van der Waals surface area contributed by atoms with E-state index in [1.807, 2.05) is 37.3 Å². The Morgan fingerprint density at radius 1 is 1.00 bits per heavy atom. The van der Waals surface area contributed by atoms with Crippen LogP contribution in [-0.4, -0.2) is 50.5 Å². The first-order chi connectivity index (χ1) is 18.6. The number of benzene rings is 3. The number of rotatable bonds is 13. The third-order valence-corrected chi connectivity index (χ3v) is 7.68. The van der Waals surface area contributed by atoms with E-state index in [4.69, 9.17) is 11.6 Å². The molecule has 0 fully saturated rings. The lowest BCUT2D eigenvalue weighted by Crippen LogP contribution is -2.53. The van der Waals surface area contributed by atoms with Crippen molar-refractivity contribution >= 4 is 39.1 Å². The van der Waals surface area contributed by atoms with Crippen LogP contribution in [-0.2, 0) is 32.6 Å². The molecule has 0 heterocycles. The standard InChI is InChI=1S/C29H33ClFN3O4S/c1-3-4-17-32-29(36)27(18-22-11-6-5-7-12-22)33(20-23-13-8-9-16-26(23)30)28(35)21-34(39(2,37)38)25-15-10-14-24(31)19-25/h5-16,19,27H,3-4,17-18,20-21H2,1-2H3,(H,32,36). The second kappa shape index (κ2) is 14.1. The summed E-state index contributed by atoms with van der Waals surface area (Å²) in [5.41, 5.74) is 1.44. The highest BCUT2D eigenvalue weighted by molar-refractivity contribution is 7.92. The molecule has 10 heteroatoms. The van der Waals surface area contributed by atoms with Gasteiger partial charge in [-0.25, -0.2) is 12.8 Å². The fourth-order valence-corrected chi connectivity index (χ4v) is 5.15. The number of sulfonamides is 1. The van der Waals surface area contributed by atoms with Crippen molar-refractivity contribution in [3.8, 4) is 0 Å². The van der Waals surface area contributed by atoms with E-state index in [1.54, 1.807) is 24.3 Å². The van der Waals surface area contributed by atoms with Gasteiger partial charge in [0.25, 0.3) is 0 Å². The minimum atomic E-state index is -3.97. The normalized spacial score (nSPS) is 12.0. The van der Waals surface area contributed by atoms with Crippen LogP contribution in [0.25, 0.3) is 0 Å². The second-order valence-electron chi connectivity index (χ2n) is 9.21. The van der Waals surface area contributed by atoms with Crippen LogP contribution in [0.15, 0.2) is 78.9 Å². The molecule has 39 heavy (non-hydrogen) atoms. The van der Waals surface area contributed by atoms with E-state index in [9.17, 15) is 22.4 Å². The highest BCUT2D eigenvalue weighted by Crippen LogP contribution is 2.23. The van der Waals surface area contributed by atoms with Gasteiger partial charge in [0, 0.05) is 24.5 Å². The summed E-state index contributed by atoms with van der Waals surface area (Å²) in [5.74, 6) is -1.63. The van der Waals surface area contributed by atoms with Crippen LogP contribution < -0.4 is 9.62 Å². The summed E-state index contributed by atoms with van der Waals surface area (Å²) in [4.78, 5) is 28.8. The average Bonchev–Trinajstić information content (AvgIpc) is 2.90. The Labute approximate surface area is 234 Å². The predicted octanol–water partition coefficient (Wildman–Crippen LogP) is 4.80. The van der Waals surface area contributed by atoms with Gasteiger partial charge in [0.1, 0.15) is 18.4 Å². The molecule has 3 aromatic carbocycles. The Morgan fingerprint density at radius 3 is 2.33 bits per heavy atom. The molecule has 0 saturated carbocycles. The first-order valence-corrected chi connectivity index (χ1v) is 14.9. The van der Waals surface area contributed by atoms with Crippen LogP contribution in [0.5, 0.6) is 0 Å². The Morgan fingerprint density at radius 2 is 1.69 bits per heavy atom. The molecular weight excluding hydrogens is 541 g/mol. The lowest BCUT2D eigenvalue weighted by atomic mass is 10.0. The van der Waals surface area contributed by atoms with Gasteiger partial charge < -0.3 is 10.2 Å². The van der Waals surface area contributed by atoms with E-state index in [2.05, 4.69) is 5.32 Å². The molecule has 208 valence electrons. The Hall–Kier alpha value is -3.43. The van der Waals surface area contributed by atoms with Gasteiger partial charge in [-0.2, -0.15) is 0 Å². The first-order valence-electron chi connectivity index (χ1n) is 12.7. The Bertz CT molecular complexity index is 1370. The van der Waals surface area contributed by atoms with E-state index in [0.717, 1.165) is 35.0 Å². The Kier molecular flexibility index (Phi) is 10.9. The van der Waals surface area contributed by atoms with Gasteiger partial charge in [0.2, 0.25) is 21.8 Å². The van der Waals surface area contributed by atoms with E-state index < -0.39 is 34.3 Å². The van der Waals surface area contributed by atoms with Crippen molar-refractivity contribution in [3.63, 3.8) is 0 Å². The van der Waals surface area contributed by atoms with Gasteiger partial charge in [-0.1, -0.05) is 79.5 Å². The minimum Gasteiger partial charge on any atom is -0.354 e. The maximum absolute atomic E-state index is 14.0. The van der Waals surface area contributed by atoms with Crippen molar-refractivity contribution in [1.29, 1.82) is 0 Å². The maximum atomic E-state index is 14.0. The van der Waals surface area contributed by atoms with Crippen molar-refractivity contribution < 1.29 is 22.4 Å². The van der Waals surface area contributed by atoms with E-state index >= 15 is 0 Å². The number of hydrogen-bond donors (Lipinski definition) is 1. The fourth-order valence-electron chi connectivity index (χ4n) is 4.12. The summed E-state index contributed by atoms with van der Waals surface area (Å²) in [6.07, 6.45) is 2.79. The van der Waals surface area contributed by atoms with Crippen LogP contribution in [0.3, 0.4) is 0 Å². The zero-order valence-corrected chi connectivity index (χ0v) is 23.6. The average molecular weight is 574 g/mol. The molecule has 2 amide bonds. The largest absolute Gasteiger partial charge is 0.354 e. The molecule has 1 N–H and O–H groups in total. The molecular formula is C29H33ClFN3O4S. The highest BCUT2D eigenvalue weighted by Gasteiger charge is 2.33. The summed E-state index contributed by atoms with van der Waals surface area (Å²) in [6.45, 7) is 1.79. The van der Waals surface area contributed by atoms with E-state index in [1.165, 1.54) is 23.1 Å². The zero-order chi connectivity index (χ0) is 28.4. The van der Waals surface area contributed by atoms with Crippen molar-refractivity contribution in [1.82, 2.24) is 10.2 Å². The van der Waals surface area contributed by atoms with Gasteiger partial charge >= 0.3 is 0 Å². The number of carbonyl (C=O) groups excluding carboxylic acids is 2. The molecule has 0 spiro atoms. The summed E-state index contributed by atoms with van der Waals surface area (Å²) in [6, 6.07) is 20.3. The maximum Gasteiger partial charge on any atom is 0.244 e. The fraction of sp³-hybridized carbons (Fsp3) is 0.310. The summed E-state index contributed by atoms with van der Waals surface area (Å²) in [5, 5.41) is 3.32. The van der Waals surface area contributed by atoms with Crippen LogP contribution in [0.4, 0.5) is 10.1 Å². The predicted molar refractivity (Wildman–Crippen MR) is 152 cm³/mol. The first kappa shape index (κ1) is 30.1. The van der Waals surface area contributed by atoms with Gasteiger partial charge in [-0.3, -0.25) is 13.9 Å². The molecule has 7 nitrogen and oxygen atoms in total. The molecule has 3 aromatic rings. The number of anilines is 1. The van der Waals surface area contributed by atoms with Crippen LogP contribution in [0, 0.1) is 5.82 Å². The second-order valence-corrected chi connectivity index (χ2v) is 11.5. The van der Waals surface area contributed by atoms with Gasteiger partial charge in [-0.15, -0.1) is 0 Å². The molecule has 3 rings (SSSR count). The van der Waals surface area contributed by atoms with E-state index in [-0.39, 0.29) is 24.6 Å².